The zero-order valence-corrected chi connectivity index (χ0v) is 12.4. The van der Waals surface area contributed by atoms with E-state index < -0.39 is 17.9 Å². The van der Waals surface area contributed by atoms with E-state index in [4.69, 9.17) is 5.11 Å². The van der Waals surface area contributed by atoms with Gasteiger partial charge in [-0.1, -0.05) is 32.9 Å². The molecular weight excluding hydrogens is 272 g/mol. The van der Waals surface area contributed by atoms with E-state index in [2.05, 4.69) is 10.6 Å². The smallest absolute Gasteiger partial charge is 0.322 e. The average Bonchev–Trinajstić information content (AvgIpc) is 2.37. The van der Waals surface area contributed by atoms with Crippen LogP contribution in [0.15, 0.2) is 24.3 Å². The van der Waals surface area contributed by atoms with Gasteiger partial charge in [0.05, 0.1) is 6.42 Å². The van der Waals surface area contributed by atoms with Crippen LogP contribution >= 0.6 is 0 Å². The van der Waals surface area contributed by atoms with E-state index in [0.29, 0.717) is 5.69 Å². The lowest BCUT2D eigenvalue weighted by Gasteiger charge is -2.17. The molecule has 0 aliphatic carbocycles. The number of hydrogen-bond acceptors (Lipinski definition) is 3. The SMILES string of the molecule is CC(C)(C)C(=O)Nc1ccc(CC(=O)NCC(=O)O)cc1. The van der Waals surface area contributed by atoms with Crippen LogP contribution in [0.1, 0.15) is 26.3 Å². The number of amides is 2. The van der Waals surface area contributed by atoms with E-state index >= 15 is 0 Å². The van der Waals surface area contributed by atoms with Crippen molar-refractivity contribution >= 4 is 23.5 Å². The lowest BCUT2D eigenvalue weighted by molar-refractivity contribution is -0.137. The van der Waals surface area contributed by atoms with Gasteiger partial charge in [-0.15, -0.1) is 0 Å². The maximum atomic E-state index is 11.8. The Labute approximate surface area is 123 Å². The molecule has 1 rings (SSSR count). The van der Waals surface area contributed by atoms with Crippen molar-refractivity contribution in [2.75, 3.05) is 11.9 Å². The summed E-state index contributed by atoms with van der Waals surface area (Å²) in [5.41, 5.74) is 0.923. The summed E-state index contributed by atoms with van der Waals surface area (Å²) in [5, 5.41) is 13.5. The van der Waals surface area contributed by atoms with Gasteiger partial charge in [0.15, 0.2) is 0 Å². The second-order valence-electron chi connectivity index (χ2n) is 5.75. The third-order valence-corrected chi connectivity index (χ3v) is 2.69. The third kappa shape index (κ3) is 6.07. The number of carbonyl (C=O) groups is 3. The predicted octanol–water partition coefficient (Wildman–Crippen LogP) is 1.41. The molecule has 0 bridgehead atoms. The summed E-state index contributed by atoms with van der Waals surface area (Å²) < 4.78 is 0. The van der Waals surface area contributed by atoms with Crippen LogP contribution in [0.5, 0.6) is 0 Å². The number of carboxylic acid groups (broad SMARTS) is 1. The Hall–Kier alpha value is -2.37. The van der Waals surface area contributed by atoms with Crippen molar-refractivity contribution in [2.45, 2.75) is 27.2 Å². The Morgan fingerprint density at radius 1 is 1.10 bits per heavy atom. The van der Waals surface area contributed by atoms with Gasteiger partial charge in [0, 0.05) is 11.1 Å². The van der Waals surface area contributed by atoms with Crippen molar-refractivity contribution in [3.8, 4) is 0 Å². The molecule has 6 heteroatoms. The van der Waals surface area contributed by atoms with Crippen LogP contribution in [0.25, 0.3) is 0 Å². The molecule has 0 heterocycles. The molecule has 1 aromatic carbocycles. The first kappa shape index (κ1) is 16.7. The Morgan fingerprint density at radius 2 is 1.67 bits per heavy atom. The van der Waals surface area contributed by atoms with Crippen LogP contribution in [-0.2, 0) is 20.8 Å². The summed E-state index contributed by atoms with van der Waals surface area (Å²) >= 11 is 0. The van der Waals surface area contributed by atoms with E-state index in [-0.39, 0.29) is 18.2 Å². The molecule has 0 aromatic heterocycles. The van der Waals surface area contributed by atoms with Crippen molar-refractivity contribution in [3.05, 3.63) is 29.8 Å². The molecule has 0 radical (unpaired) electrons. The molecule has 6 nitrogen and oxygen atoms in total. The van der Waals surface area contributed by atoms with Gasteiger partial charge in [0.1, 0.15) is 6.54 Å². The molecule has 2 amide bonds. The van der Waals surface area contributed by atoms with Gasteiger partial charge in [-0.25, -0.2) is 0 Å². The monoisotopic (exact) mass is 292 g/mol. The van der Waals surface area contributed by atoms with E-state index in [1.165, 1.54) is 0 Å². The second kappa shape index (κ2) is 6.88. The fourth-order valence-corrected chi connectivity index (χ4v) is 1.45. The van der Waals surface area contributed by atoms with Crippen LogP contribution in [0.4, 0.5) is 5.69 Å². The molecule has 0 atom stereocenters. The van der Waals surface area contributed by atoms with E-state index in [9.17, 15) is 14.4 Å². The largest absolute Gasteiger partial charge is 0.480 e. The number of benzene rings is 1. The molecule has 0 saturated heterocycles. The number of carboxylic acids is 1. The number of nitrogens with one attached hydrogen (secondary N) is 2. The van der Waals surface area contributed by atoms with Crippen LogP contribution in [0.2, 0.25) is 0 Å². The number of hydrogen-bond donors (Lipinski definition) is 3. The van der Waals surface area contributed by atoms with Crippen molar-refractivity contribution in [1.29, 1.82) is 0 Å². The minimum Gasteiger partial charge on any atom is -0.480 e. The first-order valence-electron chi connectivity index (χ1n) is 6.57. The standard InChI is InChI=1S/C15H20N2O4/c1-15(2,3)14(21)17-11-6-4-10(5-7-11)8-12(18)16-9-13(19)20/h4-7H,8-9H2,1-3H3,(H,16,18)(H,17,21)(H,19,20). The molecular formula is C15H20N2O4. The van der Waals surface area contributed by atoms with Crippen LogP contribution < -0.4 is 10.6 Å². The van der Waals surface area contributed by atoms with Crippen LogP contribution in [0, 0.1) is 5.41 Å². The minimum atomic E-state index is -1.08. The van der Waals surface area contributed by atoms with Gasteiger partial charge in [0.25, 0.3) is 0 Å². The molecule has 0 aliphatic rings. The zero-order chi connectivity index (χ0) is 16.0. The minimum absolute atomic E-state index is 0.0885. The third-order valence-electron chi connectivity index (χ3n) is 2.69. The summed E-state index contributed by atoms with van der Waals surface area (Å²) in [6.07, 6.45) is 0.0980. The van der Waals surface area contributed by atoms with E-state index in [1.54, 1.807) is 24.3 Å². The number of aliphatic carboxylic acids is 1. The highest BCUT2D eigenvalue weighted by molar-refractivity contribution is 5.94. The maximum Gasteiger partial charge on any atom is 0.322 e. The molecule has 3 N–H and O–H groups in total. The summed E-state index contributed by atoms with van der Waals surface area (Å²) in [5.74, 6) is -1.53. The van der Waals surface area contributed by atoms with Crippen molar-refractivity contribution < 1.29 is 19.5 Å². The fraction of sp³-hybridized carbons (Fsp3) is 0.400. The first-order valence-corrected chi connectivity index (χ1v) is 6.57. The summed E-state index contributed by atoms with van der Waals surface area (Å²) in [6, 6.07) is 6.87. The highest BCUT2D eigenvalue weighted by atomic mass is 16.4. The highest BCUT2D eigenvalue weighted by Crippen LogP contribution is 2.17. The number of rotatable bonds is 5. The van der Waals surface area contributed by atoms with Gasteiger partial charge in [-0.2, -0.15) is 0 Å². The summed E-state index contributed by atoms with van der Waals surface area (Å²) in [4.78, 5) is 33.6. The molecule has 0 spiro atoms. The average molecular weight is 292 g/mol. The Bertz CT molecular complexity index is 530. The Kier molecular flexibility index (Phi) is 5.46. The number of anilines is 1. The summed E-state index contributed by atoms with van der Waals surface area (Å²) in [7, 11) is 0. The zero-order valence-electron chi connectivity index (χ0n) is 12.4. The highest BCUT2D eigenvalue weighted by Gasteiger charge is 2.21. The molecule has 21 heavy (non-hydrogen) atoms. The van der Waals surface area contributed by atoms with E-state index in [0.717, 1.165) is 5.56 Å². The Balaban J connectivity index is 2.56. The second-order valence-corrected chi connectivity index (χ2v) is 5.75. The van der Waals surface area contributed by atoms with E-state index in [1.807, 2.05) is 20.8 Å². The van der Waals surface area contributed by atoms with Crippen LogP contribution in [0.3, 0.4) is 0 Å². The molecule has 114 valence electrons. The first-order chi connectivity index (χ1) is 9.68. The lowest BCUT2D eigenvalue weighted by Crippen LogP contribution is -2.30. The van der Waals surface area contributed by atoms with Gasteiger partial charge in [0.2, 0.25) is 11.8 Å². The quantitative estimate of drug-likeness (QED) is 0.764. The number of carbonyl (C=O) groups excluding carboxylic acids is 2. The Morgan fingerprint density at radius 3 is 2.14 bits per heavy atom. The molecule has 0 unspecified atom stereocenters. The fourth-order valence-electron chi connectivity index (χ4n) is 1.45. The molecule has 0 saturated carbocycles. The topological polar surface area (TPSA) is 95.5 Å². The maximum absolute atomic E-state index is 11.8. The lowest BCUT2D eigenvalue weighted by atomic mass is 9.95. The molecule has 0 fully saturated rings. The summed E-state index contributed by atoms with van der Waals surface area (Å²) in [6.45, 7) is 5.08. The predicted molar refractivity (Wildman–Crippen MR) is 78.9 cm³/mol. The van der Waals surface area contributed by atoms with Crippen LogP contribution in [-0.4, -0.2) is 29.4 Å². The molecule has 1 aromatic rings. The van der Waals surface area contributed by atoms with Gasteiger partial charge < -0.3 is 15.7 Å². The van der Waals surface area contributed by atoms with Gasteiger partial charge in [-0.3, -0.25) is 14.4 Å². The van der Waals surface area contributed by atoms with Crippen molar-refractivity contribution in [2.24, 2.45) is 5.41 Å². The van der Waals surface area contributed by atoms with Gasteiger partial charge in [-0.05, 0) is 17.7 Å². The van der Waals surface area contributed by atoms with Gasteiger partial charge >= 0.3 is 5.97 Å². The normalized spacial score (nSPS) is 10.8. The molecule has 0 aliphatic heterocycles. The van der Waals surface area contributed by atoms with Crippen molar-refractivity contribution in [1.82, 2.24) is 5.32 Å². The van der Waals surface area contributed by atoms with Crippen molar-refractivity contribution in [3.63, 3.8) is 0 Å².